The number of aromatic nitrogens is 4. The molecule has 32 heavy (non-hydrogen) atoms. The second-order valence-electron chi connectivity index (χ2n) is 8.33. The number of benzene rings is 2. The molecule has 1 saturated carbocycles. The molecule has 2 aromatic carbocycles. The van der Waals surface area contributed by atoms with Crippen molar-refractivity contribution in [3.63, 3.8) is 0 Å². The molecule has 0 spiro atoms. The average molecular weight is 435 g/mol. The van der Waals surface area contributed by atoms with Gasteiger partial charge in [0.2, 0.25) is 5.82 Å². The Hall–Kier alpha value is -3.46. The molecule has 3 N–H and O–H groups in total. The lowest BCUT2D eigenvalue weighted by Crippen LogP contribution is -2.51. The number of tetrazole rings is 1. The number of nitrogens with two attached hydrogens (primary N) is 1. The number of aromatic amines is 1. The first-order chi connectivity index (χ1) is 15.6. The number of nitrogens with one attached hydrogen (secondary N) is 1. The summed E-state index contributed by atoms with van der Waals surface area (Å²) in [6.45, 7) is 0.724. The quantitative estimate of drug-likeness (QED) is 0.566. The summed E-state index contributed by atoms with van der Waals surface area (Å²) in [5.41, 5.74) is 5.75. The van der Waals surface area contributed by atoms with Crippen LogP contribution in [0.1, 0.15) is 53.8 Å². The number of para-hydroxylation sites is 1. The Morgan fingerprint density at radius 3 is 2.72 bits per heavy atom. The highest BCUT2D eigenvalue weighted by atomic mass is 16.6. The van der Waals surface area contributed by atoms with Gasteiger partial charge in [-0.15, -0.1) is 5.10 Å². The predicted molar refractivity (Wildman–Crippen MR) is 115 cm³/mol. The van der Waals surface area contributed by atoms with Crippen LogP contribution < -0.4 is 19.9 Å². The van der Waals surface area contributed by atoms with E-state index in [-0.39, 0.29) is 24.0 Å². The SMILES string of the molecule is NC1(c2nnn[nH]2)COc2cccc(C(=O)c3ccc(OCC4CCCCC4)cc3)c2O1. The molecule has 0 saturated heterocycles. The van der Waals surface area contributed by atoms with Crippen LogP contribution in [0.25, 0.3) is 0 Å². The number of ether oxygens (including phenoxy) is 3. The number of H-pyrrole nitrogens is 1. The van der Waals surface area contributed by atoms with Crippen molar-refractivity contribution < 1.29 is 19.0 Å². The summed E-state index contributed by atoms with van der Waals surface area (Å²) in [4.78, 5) is 13.3. The molecule has 9 heteroatoms. The van der Waals surface area contributed by atoms with Gasteiger partial charge in [0.15, 0.2) is 17.3 Å². The van der Waals surface area contributed by atoms with Gasteiger partial charge in [0, 0.05) is 5.56 Å². The largest absolute Gasteiger partial charge is 0.493 e. The number of nitrogens with zero attached hydrogens (tertiary/aromatic N) is 3. The van der Waals surface area contributed by atoms with Gasteiger partial charge in [-0.3, -0.25) is 10.5 Å². The number of rotatable bonds is 6. The second kappa shape index (κ2) is 8.58. The lowest BCUT2D eigenvalue weighted by molar-refractivity contribution is -0.0154. The molecule has 1 fully saturated rings. The Bertz CT molecular complexity index is 1080. The minimum Gasteiger partial charge on any atom is -0.493 e. The summed E-state index contributed by atoms with van der Waals surface area (Å²) in [5, 5.41) is 13.5. The number of carbonyl (C=O) groups excluding carboxylic acids is 1. The molecule has 2 heterocycles. The molecule has 1 aliphatic heterocycles. The highest BCUT2D eigenvalue weighted by molar-refractivity contribution is 6.11. The lowest BCUT2D eigenvalue weighted by atomic mass is 9.90. The molecule has 3 aromatic rings. The monoisotopic (exact) mass is 435 g/mol. The smallest absolute Gasteiger partial charge is 0.254 e. The summed E-state index contributed by atoms with van der Waals surface area (Å²) in [6, 6.07) is 12.3. The van der Waals surface area contributed by atoms with Crippen molar-refractivity contribution in [2.75, 3.05) is 13.2 Å². The standard InChI is InChI=1S/C23H25N5O4/c24-23(22-25-27-28-26-22)14-31-19-8-4-7-18(21(19)32-23)20(29)16-9-11-17(12-10-16)30-13-15-5-2-1-3-6-15/h4,7-12,15H,1-3,5-6,13-14,24H2,(H,25,26,27,28). The van der Waals surface area contributed by atoms with Gasteiger partial charge in [0.25, 0.3) is 5.72 Å². The molecular weight excluding hydrogens is 410 g/mol. The zero-order valence-electron chi connectivity index (χ0n) is 17.6. The van der Waals surface area contributed by atoms with Crippen molar-refractivity contribution in [1.29, 1.82) is 0 Å². The molecular formula is C23H25N5O4. The maximum Gasteiger partial charge on any atom is 0.254 e. The van der Waals surface area contributed by atoms with Crippen molar-refractivity contribution in [2.24, 2.45) is 11.7 Å². The van der Waals surface area contributed by atoms with Gasteiger partial charge < -0.3 is 14.2 Å². The first-order valence-corrected chi connectivity index (χ1v) is 10.9. The minimum atomic E-state index is -1.43. The number of fused-ring (bicyclic) bond motifs is 1. The van der Waals surface area contributed by atoms with E-state index in [1.165, 1.54) is 32.1 Å². The molecule has 1 unspecified atom stereocenters. The molecule has 5 rings (SSSR count). The molecule has 0 radical (unpaired) electrons. The summed E-state index contributed by atoms with van der Waals surface area (Å²) >= 11 is 0. The van der Waals surface area contributed by atoms with Crippen LogP contribution in [-0.2, 0) is 5.72 Å². The van der Waals surface area contributed by atoms with Gasteiger partial charge in [-0.1, -0.05) is 25.3 Å². The third kappa shape index (κ3) is 4.03. The molecule has 2 aliphatic rings. The molecule has 1 aliphatic carbocycles. The fourth-order valence-electron chi connectivity index (χ4n) is 4.19. The van der Waals surface area contributed by atoms with Crippen molar-refractivity contribution in [2.45, 2.75) is 37.8 Å². The van der Waals surface area contributed by atoms with Gasteiger partial charge in [-0.05, 0) is 65.6 Å². The Morgan fingerprint density at radius 2 is 1.97 bits per heavy atom. The topological polar surface area (TPSA) is 125 Å². The summed E-state index contributed by atoms with van der Waals surface area (Å²) in [7, 11) is 0. The number of carbonyl (C=O) groups is 1. The molecule has 0 amide bonds. The zero-order valence-corrected chi connectivity index (χ0v) is 17.6. The first-order valence-electron chi connectivity index (χ1n) is 10.9. The third-order valence-electron chi connectivity index (χ3n) is 6.02. The molecule has 1 aromatic heterocycles. The third-order valence-corrected chi connectivity index (χ3v) is 6.02. The van der Waals surface area contributed by atoms with Gasteiger partial charge in [-0.2, -0.15) is 0 Å². The highest BCUT2D eigenvalue weighted by Crippen LogP contribution is 2.40. The molecule has 166 valence electrons. The van der Waals surface area contributed by atoms with E-state index < -0.39 is 5.72 Å². The maximum absolute atomic E-state index is 13.3. The molecule has 0 bridgehead atoms. The Labute approximate surface area is 185 Å². The van der Waals surface area contributed by atoms with E-state index in [4.69, 9.17) is 19.9 Å². The predicted octanol–water partition coefficient (Wildman–Crippen LogP) is 2.97. The van der Waals surface area contributed by atoms with Crippen LogP contribution >= 0.6 is 0 Å². The van der Waals surface area contributed by atoms with Crippen molar-refractivity contribution in [3.05, 3.63) is 59.4 Å². The van der Waals surface area contributed by atoms with Crippen LogP contribution in [-0.4, -0.2) is 39.6 Å². The second-order valence-corrected chi connectivity index (χ2v) is 8.33. The van der Waals surface area contributed by atoms with E-state index in [1.807, 2.05) is 12.1 Å². The summed E-state index contributed by atoms with van der Waals surface area (Å²) in [5.74, 6) is 2.10. The summed E-state index contributed by atoms with van der Waals surface area (Å²) < 4.78 is 17.7. The van der Waals surface area contributed by atoms with Crippen LogP contribution in [0.4, 0.5) is 0 Å². The lowest BCUT2D eigenvalue weighted by Gasteiger charge is -2.33. The Morgan fingerprint density at radius 1 is 1.16 bits per heavy atom. The van der Waals surface area contributed by atoms with Crippen molar-refractivity contribution >= 4 is 5.78 Å². The van der Waals surface area contributed by atoms with E-state index in [0.717, 1.165) is 12.4 Å². The molecule has 9 nitrogen and oxygen atoms in total. The Kier molecular flexibility index (Phi) is 5.48. The van der Waals surface area contributed by atoms with E-state index in [9.17, 15) is 4.79 Å². The number of hydrogen-bond acceptors (Lipinski definition) is 8. The normalized spacial score (nSPS) is 20.7. The van der Waals surface area contributed by atoms with E-state index in [2.05, 4.69) is 20.6 Å². The Balaban J connectivity index is 1.33. The van der Waals surface area contributed by atoms with E-state index in [1.54, 1.807) is 30.3 Å². The van der Waals surface area contributed by atoms with Crippen LogP contribution in [0, 0.1) is 5.92 Å². The first kappa shape index (κ1) is 20.4. The van der Waals surface area contributed by atoms with Crippen molar-refractivity contribution in [1.82, 2.24) is 20.6 Å². The van der Waals surface area contributed by atoms with Crippen LogP contribution in [0.15, 0.2) is 42.5 Å². The zero-order chi connectivity index (χ0) is 22.0. The van der Waals surface area contributed by atoms with Crippen LogP contribution in [0.2, 0.25) is 0 Å². The maximum atomic E-state index is 13.3. The van der Waals surface area contributed by atoms with Gasteiger partial charge in [-0.25, -0.2) is 5.10 Å². The van der Waals surface area contributed by atoms with Crippen LogP contribution in [0.3, 0.4) is 0 Å². The average Bonchev–Trinajstić information content (AvgIpc) is 3.39. The number of hydrogen-bond donors (Lipinski definition) is 2. The summed E-state index contributed by atoms with van der Waals surface area (Å²) in [6.07, 6.45) is 6.35. The highest BCUT2D eigenvalue weighted by Gasteiger charge is 2.41. The van der Waals surface area contributed by atoms with Gasteiger partial charge >= 0.3 is 0 Å². The number of ketones is 1. The van der Waals surface area contributed by atoms with Crippen molar-refractivity contribution in [3.8, 4) is 17.2 Å². The fourth-order valence-corrected chi connectivity index (χ4v) is 4.19. The van der Waals surface area contributed by atoms with E-state index >= 15 is 0 Å². The van der Waals surface area contributed by atoms with Gasteiger partial charge in [0.05, 0.1) is 12.2 Å². The molecule has 1 atom stereocenters. The minimum absolute atomic E-state index is 0.00153. The van der Waals surface area contributed by atoms with Crippen LogP contribution in [0.5, 0.6) is 17.2 Å². The van der Waals surface area contributed by atoms with Gasteiger partial charge in [0.1, 0.15) is 12.4 Å². The van der Waals surface area contributed by atoms with E-state index in [0.29, 0.717) is 22.8 Å². The fraction of sp³-hybridized carbons (Fsp3) is 0.391.